The molecule has 9 heteroatoms. The van der Waals surface area contributed by atoms with Gasteiger partial charge in [-0.2, -0.15) is 0 Å². The molecule has 0 radical (unpaired) electrons. The van der Waals surface area contributed by atoms with E-state index >= 15 is 0 Å². The average molecular weight is 458 g/mol. The van der Waals surface area contributed by atoms with Gasteiger partial charge >= 0.3 is 0 Å². The molecule has 4 rings (SSSR count). The first-order valence-corrected chi connectivity index (χ1v) is 12.3. The summed E-state index contributed by atoms with van der Waals surface area (Å²) in [6.07, 6.45) is 1.41. The highest BCUT2D eigenvalue weighted by Crippen LogP contribution is 2.25. The molecule has 3 heterocycles. The quantitative estimate of drug-likeness (QED) is 0.642. The second-order valence-electron chi connectivity index (χ2n) is 8.65. The van der Waals surface area contributed by atoms with Crippen LogP contribution in [0.5, 0.6) is 0 Å². The van der Waals surface area contributed by atoms with E-state index in [9.17, 15) is 9.59 Å². The normalized spacial score (nSPS) is 19.5. The summed E-state index contributed by atoms with van der Waals surface area (Å²) in [5.41, 5.74) is 0. The molecule has 1 aromatic carbocycles. The predicted molar refractivity (Wildman–Crippen MR) is 122 cm³/mol. The molecule has 1 aromatic heterocycles. The lowest BCUT2D eigenvalue weighted by atomic mass is 10.0. The molecular weight excluding hydrogens is 426 g/mol. The van der Waals surface area contributed by atoms with Crippen LogP contribution in [0.15, 0.2) is 35.2 Å². The summed E-state index contributed by atoms with van der Waals surface area (Å²) in [5, 5.41) is 12.0. The van der Waals surface area contributed by atoms with E-state index < -0.39 is 0 Å². The number of carbonyl (C=O) groups excluding carboxylic acids is 2. The molecule has 2 amide bonds. The largest absolute Gasteiger partial charge is 0.381 e. The molecule has 0 spiro atoms. The van der Waals surface area contributed by atoms with Crippen LogP contribution in [-0.4, -0.2) is 63.5 Å². The van der Waals surface area contributed by atoms with Crippen molar-refractivity contribution in [2.45, 2.75) is 44.2 Å². The number of rotatable bonds is 7. The molecule has 0 unspecified atom stereocenters. The molecule has 0 bridgehead atoms. The van der Waals surface area contributed by atoms with Crippen LogP contribution in [0.1, 0.15) is 38.0 Å². The standard InChI is InChI=1S/C23H31N5O3S/c1-16(2)21(24-23(30)17-9-13-31-14-17)22-26-25-19-8-10-27(11-12-28(19)22)20(29)15-32-18-6-4-3-5-7-18/h3-7,16-17,21H,8-15H2,1-2H3,(H,24,30)/t17-,21+/m0/s1. The number of hydrogen-bond acceptors (Lipinski definition) is 6. The third-order valence-electron chi connectivity index (χ3n) is 6.06. The monoisotopic (exact) mass is 457 g/mol. The van der Waals surface area contributed by atoms with Gasteiger partial charge in [-0.05, 0) is 24.5 Å². The molecule has 0 aliphatic carbocycles. The summed E-state index contributed by atoms with van der Waals surface area (Å²) < 4.78 is 7.46. The number of carbonyl (C=O) groups is 2. The van der Waals surface area contributed by atoms with Gasteiger partial charge in [0.1, 0.15) is 5.82 Å². The first-order valence-electron chi connectivity index (χ1n) is 11.3. The predicted octanol–water partition coefficient (Wildman–Crippen LogP) is 2.30. The fraction of sp³-hybridized carbons (Fsp3) is 0.565. The zero-order valence-corrected chi connectivity index (χ0v) is 19.5. The van der Waals surface area contributed by atoms with E-state index in [0.29, 0.717) is 45.0 Å². The minimum Gasteiger partial charge on any atom is -0.381 e. The molecule has 2 aromatic rings. The topological polar surface area (TPSA) is 89.3 Å². The number of nitrogens with zero attached hydrogens (tertiary/aromatic N) is 4. The Kier molecular flexibility index (Phi) is 7.47. The lowest BCUT2D eigenvalue weighted by molar-refractivity contribution is -0.128. The van der Waals surface area contributed by atoms with Crippen LogP contribution in [0.2, 0.25) is 0 Å². The maximum absolute atomic E-state index is 12.8. The van der Waals surface area contributed by atoms with Crippen LogP contribution < -0.4 is 5.32 Å². The highest BCUT2D eigenvalue weighted by atomic mass is 32.2. The van der Waals surface area contributed by atoms with Crippen molar-refractivity contribution in [2.24, 2.45) is 11.8 Å². The molecule has 172 valence electrons. The van der Waals surface area contributed by atoms with Crippen LogP contribution in [-0.2, 0) is 27.3 Å². The molecule has 8 nitrogen and oxygen atoms in total. The summed E-state index contributed by atoms with van der Waals surface area (Å²) in [5.74, 6) is 2.28. The van der Waals surface area contributed by atoms with Gasteiger partial charge in [0.15, 0.2) is 5.82 Å². The lowest BCUT2D eigenvalue weighted by Gasteiger charge is -2.24. The maximum Gasteiger partial charge on any atom is 0.233 e. The van der Waals surface area contributed by atoms with Gasteiger partial charge in [-0.3, -0.25) is 9.59 Å². The zero-order valence-electron chi connectivity index (χ0n) is 18.7. The average Bonchev–Trinajstić information content (AvgIpc) is 3.42. The SMILES string of the molecule is CC(C)[C@@H](NC(=O)[C@H]1CCOC1)c1nnc2n1CCN(C(=O)CSc1ccccc1)CC2. The van der Waals surface area contributed by atoms with Crippen LogP contribution in [0.4, 0.5) is 0 Å². The van der Waals surface area contributed by atoms with E-state index in [0.717, 1.165) is 23.0 Å². The summed E-state index contributed by atoms with van der Waals surface area (Å²) >= 11 is 1.56. The van der Waals surface area contributed by atoms with E-state index in [1.165, 1.54) is 0 Å². The number of thioether (sulfide) groups is 1. The van der Waals surface area contributed by atoms with Crippen molar-refractivity contribution in [3.8, 4) is 0 Å². The Hall–Kier alpha value is -2.39. The summed E-state index contributed by atoms with van der Waals surface area (Å²) in [7, 11) is 0. The van der Waals surface area contributed by atoms with Gasteiger partial charge in [-0.25, -0.2) is 0 Å². The zero-order chi connectivity index (χ0) is 22.5. The molecule has 1 N–H and O–H groups in total. The van der Waals surface area contributed by atoms with E-state index in [1.54, 1.807) is 11.8 Å². The third kappa shape index (κ3) is 5.32. The Bertz CT molecular complexity index is 927. The number of amides is 2. The Morgan fingerprint density at radius 2 is 2.00 bits per heavy atom. The van der Waals surface area contributed by atoms with Gasteiger partial charge < -0.3 is 19.5 Å². The number of fused-ring (bicyclic) bond motifs is 1. The molecule has 2 aliphatic rings. The van der Waals surface area contributed by atoms with Gasteiger partial charge in [-0.1, -0.05) is 32.0 Å². The van der Waals surface area contributed by atoms with Crippen molar-refractivity contribution < 1.29 is 14.3 Å². The minimum atomic E-state index is -0.222. The van der Waals surface area contributed by atoms with Gasteiger partial charge in [-0.15, -0.1) is 22.0 Å². The van der Waals surface area contributed by atoms with Crippen molar-refractivity contribution in [3.63, 3.8) is 0 Å². The summed E-state index contributed by atoms with van der Waals surface area (Å²) in [6, 6.07) is 9.76. The lowest BCUT2D eigenvalue weighted by Crippen LogP contribution is -2.38. The van der Waals surface area contributed by atoms with Crippen molar-refractivity contribution in [3.05, 3.63) is 42.0 Å². The smallest absolute Gasteiger partial charge is 0.233 e. The van der Waals surface area contributed by atoms with Crippen LogP contribution in [0.3, 0.4) is 0 Å². The van der Waals surface area contributed by atoms with Crippen molar-refractivity contribution >= 4 is 23.6 Å². The fourth-order valence-corrected chi connectivity index (χ4v) is 4.94. The highest BCUT2D eigenvalue weighted by molar-refractivity contribution is 8.00. The first kappa shape index (κ1) is 22.8. The Morgan fingerprint density at radius 3 is 2.72 bits per heavy atom. The van der Waals surface area contributed by atoms with Crippen LogP contribution in [0.25, 0.3) is 0 Å². The van der Waals surface area contributed by atoms with E-state index in [1.807, 2.05) is 35.2 Å². The van der Waals surface area contributed by atoms with Gasteiger partial charge in [0.05, 0.1) is 24.3 Å². The number of hydrogen-bond donors (Lipinski definition) is 1. The van der Waals surface area contributed by atoms with Crippen molar-refractivity contribution in [2.75, 3.05) is 32.1 Å². The van der Waals surface area contributed by atoms with Crippen LogP contribution >= 0.6 is 11.8 Å². The first-order chi connectivity index (χ1) is 15.5. The number of nitrogens with one attached hydrogen (secondary N) is 1. The van der Waals surface area contributed by atoms with Gasteiger partial charge in [0, 0.05) is 37.6 Å². The second kappa shape index (κ2) is 10.5. The Balaban J connectivity index is 1.40. The molecule has 1 saturated heterocycles. The summed E-state index contributed by atoms with van der Waals surface area (Å²) in [6.45, 7) is 7.14. The number of aromatic nitrogens is 3. The van der Waals surface area contributed by atoms with Gasteiger partial charge in [0.2, 0.25) is 11.8 Å². The maximum atomic E-state index is 12.8. The molecular formula is C23H31N5O3S. The van der Waals surface area contributed by atoms with Crippen LogP contribution in [0, 0.1) is 11.8 Å². The summed E-state index contributed by atoms with van der Waals surface area (Å²) in [4.78, 5) is 28.5. The van der Waals surface area contributed by atoms with Crippen molar-refractivity contribution in [1.82, 2.24) is 25.0 Å². The van der Waals surface area contributed by atoms with E-state index in [-0.39, 0.29) is 29.7 Å². The molecule has 2 aliphatic heterocycles. The Labute approximate surface area is 193 Å². The van der Waals surface area contributed by atoms with E-state index in [2.05, 4.69) is 33.9 Å². The molecule has 2 atom stereocenters. The Morgan fingerprint density at radius 1 is 1.19 bits per heavy atom. The second-order valence-corrected chi connectivity index (χ2v) is 9.70. The number of benzene rings is 1. The van der Waals surface area contributed by atoms with Crippen molar-refractivity contribution in [1.29, 1.82) is 0 Å². The molecule has 0 saturated carbocycles. The van der Waals surface area contributed by atoms with E-state index in [4.69, 9.17) is 4.74 Å². The minimum absolute atomic E-state index is 0.0157. The molecule has 32 heavy (non-hydrogen) atoms. The number of ether oxygens (including phenoxy) is 1. The molecule has 1 fully saturated rings. The highest BCUT2D eigenvalue weighted by Gasteiger charge is 2.31. The third-order valence-corrected chi connectivity index (χ3v) is 7.05. The fourth-order valence-electron chi connectivity index (χ4n) is 4.12. The van der Waals surface area contributed by atoms with Gasteiger partial charge in [0.25, 0.3) is 0 Å².